The molecule has 1 fully saturated rings. The molecule has 25 heavy (non-hydrogen) atoms. The van der Waals surface area contributed by atoms with Crippen molar-refractivity contribution in [3.05, 3.63) is 45.5 Å². The minimum atomic E-state index is 0. The third-order valence-electron chi connectivity index (χ3n) is 4.69. The summed E-state index contributed by atoms with van der Waals surface area (Å²) in [5, 5.41) is 3.73. The van der Waals surface area contributed by atoms with Crippen molar-refractivity contribution in [2.45, 2.75) is 26.7 Å². The molecule has 2 heterocycles. The minimum absolute atomic E-state index is 0. The summed E-state index contributed by atoms with van der Waals surface area (Å²) in [7, 11) is 0. The maximum atomic E-state index is 6.64. The van der Waals surface area contributed by atoms with Crippen LogP contribution in [0.2, 0.25) is 0 Å². The zero-order valence-corrected chi connectivity index (χ0v) is 19.5. The minimum Gasteiger partial charge on any atom is -1.00 e. The molecule has 2 nitrogen and oxygen atoms in total. The molecule has 138 valence electrons. The average molecular weight is 509 g/mol. The number of hydrogen-bond donors (Lipinski definition) is 0. The monoisotopic (exact) mass is 508 g/mol. The quantitative estimate of drug-likeness (QED) is 0.413. The van der Waals surface area contributed by atoms with Crippen molar-refractivity contribution < 1.29 is 28.6 Å². The largest absolute Gasteiger partial charge is 1.00 e. The first-order valence-electron chi connectivity index (χ1n) is 8.83. The first-order valence-corrected chi connectivity index (χ1v) is 11.2. The molecule has 6 heteroatoms. The summed E-state index contributed by atoms with van der Waals surface area (Å²) in [4.78, 5) is 2.43. The van der Waals surface area contributed by atoms with Gasteiger partial charge >= 0.3 is 0 Å². The van der Waals surface area contributed by atoms with E-state index in [4.69, 9.17) is 11.6 Å². The Morgan fingerprint density at radius 3 is 2.72 bits per heavy atom. The van der Waals surface area contributed by atoms with Crippen molar-refractivity contribution >= 4 is 40.2 Å². The normalized spacial score (nSPS) is 24.5. The molecule has 0 saturated carbocycles. The zero-order chi connectivity index (χ0) is 16.9. The van der Waals surface area contributed by atoms with Gasteiger partial charge in [-0.1, -0.05) is 35.5 Å². The predicted molar refractivity (Wildman–Crippen MR) is 110 cm³/mol. The van der Waals surface area contributed by atoms with Gasteiger partial charge in [0.25, 0.3) is 0 Å². The van der Waals surface area contributed by atoms with Crippen LogP contribution < -0.4 is 24.0 Å². The summed E-state index contributed by atoms with van der Waals surface area (Å²) in [6, 6.07) is 0. The standard InChI is InChI=1S/C19H26ClN2S2.HI/c1-3-21-11-13-23-17(21)9-7-15-5-6-16(19(15)20)8-10-18-22(4-2)12-14-24-18;/h7-10H,3-6,11-14H2,1-2H3;1H/q+1;/p-1. The third kappa shape index (κ3) is 5.33. The van der Waals surface area contributed by atoms with Crippen LogP contribution in [0.3, 0.4) is 0 Å². The van der Waals surface area contributed by atoms with Gasteiger partial charge in [0.05, 0.1) is 10.8 Å². The summed E-state index contributed by atoms with van der Waals surface area (Å²) < 4.78 is 2.43. The second-order valence-corrected chi connectivity index (χ2v) is 8.67. The van der Waals surface area contributed by atoms with Gasteiger partial charge in [-0.05, 0) is 43.9 Å². The van der Waals surface area contributed by atoms with E-state index >= 15 is 0 Å². The van der Waals surface area contributed by atoms with Gasteiger partial charge in [-0.25, -0.2) is 4.58 Å². The highest BCUT2D eigenvalue weighted by atomic mass is 127. The number of thioether (sulfide) groups is 2. The smallest absolute Gasteiger partial charge is 0.234 e. The fraction of sp³-hybridized carbons (Fsp3) is 0.526. The van der Waals surface area contributed by atoms with Gasteiger partial charge in [0.15, 0.2) is 6.54 Å². The van der Waals surface area contributed by atoms with Crippen molar-refractivity contribution in [1.29, 1.82) is 0 Å². The van der Waals surface area contributed by atoms with Crippen LogP contribution in [0.1, 0.15) is 26.7 Å². The van der Waals surface area contributed by atoms with E-state index in [1.165, 1.54) is 32.7 Å². The molecule has 0 atom stereocenters. The van der Waals surface area contributed by atoms with Crippen molar-refractivity contribution in [2.24, 2.45) is 0 Å². The molecule has 0 amide bonds. The summed E-state index contributed by atoms with van der Waals surface area (Å²) in [5.41, 5.74) is 2.56. The van der Waals surface area contributed by atoms with Crippen LogP contribution in [-0.2, 0) is 0 Å². The van der Waals surface area contributed by atoms with E-state index in [1.54, 1.807) is 0 Å². The van der Waals surface area contributed by atoms with Crippen LogP contribution in [0.4, 0.5) is 0 Å². The maximum Gasteiger partial charge on any atom is 0.234 e. The van der Waals surface area contributed by atoms with E-state index in [-0.39, 0.29) is 24.0 Å². The molecular formula is C19H26ClIN2S2. The van der Waals surface area contributed by atoms with Crippen LogP contribution >= 0.6 is 35.1 Å². The van der Waals surface area contributed by atoms with Gasteiger partial charge in [0.1, 0.15) is 6.54 Å². The average Bonchev–Trinajstić information content (AvgIpc) is 3.31. The molecule has 3 aliphatic rings. The van der Waals surface area contributed by atoms with E-state index in [9.17, 15) is 0 Å². The lowest BCUT2D eigenvalue weighted by Gasteiger charge is -2.15. The maximum absolute atomic E-state index is 6.64. The lowest BCUT2D eigenvalue weighted by atomic mass is 10.2. The SMILES string of the molecule is CCN1CCS/C1=C\C=C1/CCC(/C=C/C2=[N+](CC)CCS2)=C1Cl.[I-]. The number of nitrogens with zero attached hydrogens (tertiary/aromatic N) is 2. The highest BCUT2D eigenvalue weighted by Crippen LogP contribution is 2.36. The van der Waals surface area contributed by atoms with Gasteiger partial charge in [-0.2, -0.15) is 0 Å². The fourth-order valence-corrected chi connectivity index (χ4v) is 5.70. The molecular weight excluding hydrogens is 483 g/mol. The predicted octanol–water partition coefficient (Wildman–Crippen LogP) is 1.85. The Balaban J connectivity index is 0.00000225. The molecule has 0 aromatic heterocycles. The summed E-state index contributed by atoms with van der Waals surface area (Å²) in [6.07, 6.45) is 11.1. The molecule has 0 N–H and O–H groups in total. The molecule has 3 rings (SSSR count). The molecule has 0 radical (unpaired) electrons. The second-order valence-electron chi connectivity index (χ2n) is 6.06. The lowest BCUT2D eigenvalue weighted by Crippen LogP contribution is -3.00. The highest BCUT2D eigenvalue weighted by molar-refractivity contribution is 8.14. The molecule has 1 saturated heterocycles. The van der Waals surface area contributed by atoms with Crippen LogP contribution in [0.15, 0.2) is 45.5 Å². The molecule has 0 unspecified atom stereocenters. The molecule has 0 aromatic carbocycles. The zero-order valence-electron chi connectivity index (χ0n) is 14.9. The lowest BCUT2D eigenvalue weighted by molar-refractivity contribution is -0.513. The van der Waals surface area contributed by atoms with Gasteiger partial charge < -0.3 is 28.9 Å². The molecule has 0 bridgehead atoms. The van der Waals surface area contributed by atoms with Crippen molar-refractivity contribution in [1.82, 2.24) is 4.90 Å². The Labute approximate surface area is 182 Å². The van der Waals surface area contributed by atoms with E-state index in [0.29, 0.717) is 0 Å². The highest BCUT2D eigenvalue weighted by Gasteiger charge is 2.21. The van der Waals surface area contributed by atoms with Crippen LogP contribution in [0.25, 0.3) is 0 Å². The van der Waals surface area contributed by atoms with Gasteiger partial charge in [-0.15, -0.1) is 11.8 Å². The second kappa shape index (κ2) is 10.5. The Bertz CT molecular complexity index is 650. The summed E-state index contributed by atoms with van der Waals surface area (Å²) in [6.45, 7) is 8.94. The fourth-order valence-electron chi connectivity index (χ4n) is 3.21. The van der Waals surface area contributed by atoms with E-state index in [2.05, 4.69) is 47.6 Å². The number of hydrogen-bond acceptors (Lipinski definition) is 3. The molecule has 0 spiro atoms. The van der Waals surface area contributed by atoms with Crippen molar-refractivity contribution in [2.75, 3.05) is 37.7 Å². The van der Waals surface area contributed by atoms with Crippen LogP contribution in [0, 0.1) is 0 Å². The van der Waals surface area contributed by atoms with E-state index < -0.39 is 0 Å². The summed E-state index contributed by atoms with van der Waals surface area (Å²) in [5.74, 6) is 2.40. The number of rotatable bonds is 5. The van der Waals surface area contributed by atoms with E-state index in [1.807, 2.05) is 23.5 Å². The van der Waals surface area contributed by atoms with Gasteiger partial charge in [0, 0.05) is 30.0 Å². The first-order chi connectivity index (χ1) is 11.7. The Morgan fingerprint density at radius 2 is 1.96 bits per heavy atom. The Kier molecular flexibility index (Phi) is 8.99. The number of halogens is 2. The van der Waals surface area contributed by atoms with Crippen molar-refractivity contribution in [3.8, 4) is 0 Å². The Hall–Kier alpha value is 0.150. The van der Waals surface area contributed by atoms with Crippen molar-refractivity contribution in [3.63, 3.8) is 0 Å². The van der Waals surface area contributed by atoms with E-state index in [0.717, 1.165) is 44.1 Å². The summed E-state index contributed by atoms with van der Waals surface area (Å²) >= 11 is 10.5. The third-order valence-corrected chi connectivity index (χ3v) is 7.33. The molecule has 2 aliphatic heterocycles. The van der Waals surface area contributed by atoms with Gasteiger partial charge in [-0.3, -0.25) is 0 Å². The topological polar surface area (TPSA) is 6.25 Å². The van der Waals surface area contributed by atoms with Gasteiger partial charge in [0.2, 0.25) is 5.04 Å². The van der Waals surface area contributed by atoms with Crippen LogP contribution in [-0.4, -0.2) is 52.2 Å². The molecule has 0 aromatic rings. The Morgan fingerprint density at radius 1 is 1.12 bits per heavy atom. The number of allylic oxidation sites excluding steroid dienone is 6. The molecule has 1 aliphatic carbocycles. The first kappa shape index (κ1) is 21.5. The van der Waals surface area contributed by atoms with Crippen LogP contribution in [0.5, 0.6) is 0 Å².